The SMILES string of the molecule is CC1CCCCN1C(=O)CN1CCN(C(=O)c2cccc(OCc3ccc(F)cc3)c2)CC1. The number of amides is 2. The van der Waals surface area contributed by atoms with Gasteiger partial charge in [0.25, 0.3) is 5.91 Å². The maximum absolute atomic E-state index is 13.1. The van der Waals surface area contributed by atoms with E-state index >= 15 is 0 Å². The van der Waals surface area contributed by atoms with Crippen molar-refractivity contribution in [1.29, 1.82) is 0 Å². The van der Waals surface area contributed by atoms with Crippen LogP contribution in [-0.4, -0.2) is 71.8 Å². The number of carbonyl (C=O) groups is 2. The van der Waals surface area contributed by atoms with Gasteiger partial charge in [0.2, 0.25) is 5.91 Å². The van der Waals surface area contributed by atoms with E-state index in [0.29, 0.717) is 56.7 Å². The van der Waals surface area contributed by atoms with Crippen LogP contribution in [0.1, 0.15) is 42.1 Å². The highest BCUT2D eigenvalue weighted by Gasteiger charge is 2.27. The molecule has 176 valence electrons. The summed E-state index contributed by atoms with van der Waals surface area (Å²) in [5.41, 5.74) is 1.44. The molecule has 2 amide bonds. The van der Waals surface area contributed by atoms with Crippen LogP contribution in [0.15, 0.2) is 48.5 Å². The van der Waals surface area contributed by atoms with Gasteiger partial charge in [0.05, 0.1) is 6.54 Å². The number of piperidine rings is 1. The van der Waals surface area contributed by atoms with Crippen molar-refractivity contribution in [3.63, 3.8) is 0 Å². The number of hydrogen-bond acceptors (Lipinski definition) is 4. The van der Waals surface area contributed by atoms with E-state index in [1.54, 1.807) is 24.3 Å². The van der Waals surface area contributed by atoms with E-state index in [2.05, 4.69) is 11.8 Å². The van der Waals surface area contributed by atoms with Crippen LogP contribution in [0.5, 0.6) is 5.75 Å². The monoisotopic (exact) mass is 453 g/mol. The number of piperazine rings is 1. The summed E-state index contributed by atoms with van der Waals surface area (Å²) in [5.74, 6) is 0.493. The molecule has 0 N–H and O–H groups in total. The first-order chi connectivity index (χ1) is 16.0. The third-order valence-corrected chi connectivity index (χ3v) is 6.54. The molecule has 0 saturated carbocycles. The molecule has 4 rings (SSSR count). The summed E-state index contributed by atoms with van der Waals surface area (Å²) < 4.78 is 18.8. The van der Waals surface area contributed by atoms with Crippen LogP contribution in [0.3, 0.4) is 0 Å². The fraction of sp³-hybridized carbons (Fsp3) is 0.462. The van der Waals surface area contributed by atoms with E-state index in [1.807, 2.05) is 21.9 Å². The molecule has 0 spiro atoms. The molecule has 7 heteroatoms. The van der Waals surface area contributed by atoms with Gasteiger partial charge in [0.15, 0.2) is 0 Å². The van der Waals surface area contributed by atoms with E-state index in [-0.39, 0.29) is 17.6 Å². The summed E-state index contributed by atoms with van der Waals surface area (Å²) in [6, 6.07) is 13.7. The molecule has 2 saturated heterocycles. The van der Waals surface area contributed by atoms with Crippen molar-refractivity contribution in [2.45, 2.75) is 38.8 Å². The zero-order valence-corrected chi connectivity index (χ0v) is 19.2. The summed E-state index contributed by atoms with van der Waals surface area (Å²) >= 11 is 0. The number of rotatable bonds is 6. The molecule has 0 radical (unpaired) electrons. The smallest absolute Gasteiger partial charge is 0.254 e. The summed E-state index contributed by atoms with van der Waals surface area (Å²) in [7, 11) is 0. The quantitative estimate of drug-likeness (QED) is 0.671. The van der Waals surface area contributed by atoms with Crippen molar-refractivity contribution in [3.8, 4) is 5.75 Å². The first kappa shape index (κ1) is 23.2. The lowest BCUT2D eigenvalue weighted by Crippen LogP contribution is -2.53. The maximum Gasteiger partial charge on any atom is 0.254 e. The third-order valence-electron chi connectivity index (χ3n) is 6.54. The molecule has 2 aliphatic rings. The van der Waals surface area contributed by atoms with Crippen LogP contribution >= 0.6 is 0 Å². The van der Waals surface area contributed by atoms with Gasteiger partial charge in [-0.15, -0.1) is 0 Å². The first-order valence-corrected chi connectivity index (χ1v) is 11.8. The second kappa shape index (κ2) is 10.8. The molecule has 2 fully saturated rings. The molecule has 2 heterocycles. The maximum atomic E-state index is 13.1. The number of nitrogens with zero attached hydrogens (tertiary/aromatic N) is 3. The van der Waals surface area contributed by atoms with Crippen molar-refractivity contribution >= 4 is 11.8 Å². The first-order valence-electron chi connectivity index (χ1n) is 11.8. The van der Waals surface area contributed by atoms with Gasteiger partial charge in [-0.05, 0) is 62.1 Å². The summed E-state index contributed by atoms with van der Waals surface area (Å²) in [4.78, 5) is 31.7. The molecule has 6 nitrogen and oxygen atoms in total. The number of hydrogen-bond donors (Lipinski definition) is 0. The van der Waals surface area contributed by atoms with Crippen molar-refractivity contribution < 1.29 is 18.7 Å². The molecular formula is C26H32FN3O3. The Morgan fingerprint density at radius 2 is 1.76 bits per heavy atom. The Labute approximate surface area is 194 Å². The Morgan fingerprint density at radius 3 is 2.48 bits per heavy atom. The Kier molecular flexibility index (Phi) is 7.60. The molecule has 1 unspecified atom stereocenters. The van der Waals surface area contributed by atoms with Crippen molar-refractivity contribution in [2.75, 3.05) is 39.3 Å². The zero-order valence-electron chi connectivity index (χ0n) is 19.2. The normalized spacial score (nSPS) is 19.4. The van der Waals surface area contributed by atoms with E-state index in [0.717, 1.165) is 24.9 Å². The van der Waals surface area contributed by atoms with E-state index in [4.69, 9.17) is 4.74 Å². The lowest BCUT2D eigenvalue weighted by atomic mass is 10.0. The fourth-order valence-electron chi connectivity index (χ4n) is 4.51. The van der Waals surface area contributed by atoms with Gasteiger partial charge >= 0.3 is 0 Å². The largest absolute Gasteiger partial charge is 0.489 e. The number of carbonyl (C=O) groups excluding carboxylic acids is 2. The Bertz CT molecular complexity index is 958. The highest BCUT2D eigenvalue weighted by molar-refractivity contribution is 5.94. The highest BCUT2D eigenvalue weighted by Crippen LogP contribution is 2.19. The number of benzene rings is 2. The second-order valence-electron chi connectivity index (χ2n) is 8.94. The molecule has 2 aromatic carbocycles. The van der Waals surface area contributed by atoms with E-state index in [1.165, 1.54) is 18.6 Å². The number of likely N-dealkylation sites (tertiary alicyclic amines) is 1. The molecule has 0 aromatic heterocycles. The average molecular weight is 454 g/mol. The predicted molar refractivity (Wildman–Crippen MR) is 125 cm³/mol. The molecule has 0 aliphatic carbocycles. The minimum Gasteiger partial charge on any atom is -0.489 e. The Hall–Kier alpha value is -2.93. The molecule has 33 heavy (non-hydrogen) atoms. The zero-order chi connectivity index (χ0) is 23.2. The summed E-state index contributed by atoms with van der Waals surface area (Å²) in [5, 5.41) is 0. The lowest BCUT2D eigenvalue weighted by Gasteiger charge is -2.38. The van der Waals surface area contributed by atoms with Crippen molar-refractivity contribution in [1.82, 2.24) is 14.7 Å². The number of ether oxygens (including phenoxy) is 1. The van der Waals surface area contributed by atoms with Gasteiger partial charge in [-0.1, -0.05) is 18.2 Å². The average Bonchev–Trinajstić information content (AvgIpc) is 2.84. The highest BCUT2D eigenvalue weighted by atomic mass is 19.1. The van der Waals surface area contributed by atoms with Crippen LogP contribution < -0.4 is 4.74 Å². The number of halogens is 1. The van der Waals surface area contributed by atoms with Gasteiger partial charge in [-0.3, -0.25) is 14.5 Å². The predicted octanol–water partition coefficient (Wildman–Crippen LogP) is 3.56. The molecular weight excluding hydrogens is 421 g/mol. The van der Waals surface area contributed by atoms with Gasteiger partial charge in [0.1, 0.15) is 18.2 Å². The van der Waals surface area contributed by atoms with Crippen LogP contribution in [0.2, 0.25) is 0 Å². The standard InChI is InChI=1S/C26H32FN3O3/c1-20-5-2-3-12-30(20)25(31)18-28-13-15-29(16-14-28)26(32)22-6-4-7-24(17-22)33-19-21-8-10-23(27)11-9-21/h4,6-11,17,20H,2-3,5,12-16,18-19H2,1H3. The minimum absolute atomic E-state index is 0.0298. The van der Waals surface area contributed by atoms with Crippen molar-refractivity contribution in [2.24, 2.45) is 0 Å². The summed E-state index contributed by atoms with van der Waals surface area (Å²) in [6.07, 6.45) is 3.37. The van der Waals surface area contributed by atoms with Gasteiger partial charge < -0.3 is 14.5 Å². The minimum atomic E-state index is -0.281. The Balaban J connectivity index is 1.27. The van der Waals surface area contributed by atoms with Crippen LogP contribution in [-0.2, 0) is 11.4 Å². The van der Waals surface area contributed by atoms with Gasteiger partial charge in [-0.2, -0.15) is 0 Å². The van der Waals surface area contributed by atoms with E-state index in [9.17, 15) is 14.0 Å². The van der Waals surface area contributed by atoms with Gasteiger partial charge in [0, 0.05) is 44.3 Å². The third kappa shape index (κ3) is 6.11. The van der Waals surface area contributed by atoms with Crippen LogP contribution in [0, 0.1) is 5.82 Å². The van der Waals surface area contributed by atoms with E-state index < -0.39 is 0 Å². The van der Waals surface area contributed by atoms with Crippen molar-refractivity contribution in [3.05, 3.63) is 65.5 Å². The molecule has 2 aliphatic heterocycles. The van der Waals surface area contributed by atoms with Crippen LogP contribution in [0.4, 0.5) is 4.39 Å². The topological polar surface area (TPSA) is 53.1 Å². The fourth-order valence-corrected chi connectivity index (χ4v) is 4.51. The lowest BCUT2D eigenvalue weighted by molar-refractivity contribution is -0.136. The second-order valence-corrected chi connectivity index (χ2v) is 8.94. The molecule has 1 atom stereocenters. The molecule has 0 bridgehead atoms. The molecule has 2 aromatic rings. The van der Waals surface area contributed by atoms with Gasteiger partial charge in [-0.25, -0.2) is 4.39 Å². The summed E-state index contributed by atoms with van der Waals surface area (Å²) in [6.45, 7) is 6.31. The van der Waals surface area contributed by atoms with Crippen LogP contribution in [0.25, 0.3) is 0 Å². The Morgan fingerprint density at radius 1 is 1.00 bits per heavy atom.